The molecule has 15 heavy (non-hydrogen) atoms. The number of hydrogen-bond donors (Lipinski definition) is 1. The Bertz CT molecular complexity index is 225. The van der Waals surface area contributed by atoms with Gasteiger partial charge in [0.1, 0.15) is 0 Å². The lowest BCUT2D eigenvalue weighted by molar-refractivity contribution is 0.263. The van der Waals surface area contributed by atoms with E-state index in [4.69, 9.17) is 5.41 Å². The molecule has 0 amide bonds. The highest BCUT2D eigenvalue weighted by Crippen LogP contribution is 2.15. The summed E-state index contributed by atoms with van der Waals surface area (Å²) < 4.78 is 0. The second-order valence-corrected chi connectivity index (χ2v) is 4.84. The van der Waals surface area contributed by atoms with Crippen molar-refractivity contribution in [2.75, 3.05) is 7.05 Å². The summed E-state index contributed by atoms with van der Waals surface area (Å²) in [5.74, 6) is 0.581. The predicted molar refractivity (Wildman–Crippen MR) is 68.5 cm³/mol. The van der Waals surface area contributed by atoms with Gasteiger partial charge in [-0.05, 0) is 32.4 Å². The topological polar surface area (TPSA) is 27.1 Å². The van der Waals surface area contributed by atoms with Gasteiger partial charge in [-0.25, -0.2) is 0 Å². The van der Waals surface area contributed by atoms with Crippen LogP contribution in [-0.4, -0.2) is 23.7 Å². The summed E-state index contributed by atoms with van der Waals surface area (Å²) in [5, 5.41) is 7.79. The van der Waals surface area contributed by atoms with E-state index in [0.29, 0.717) is 12.0 Å². The van der Waals surface area contributed by atoms with Crippen LogP contribution in [-0.2, 0) is 0 Å². The zero-order chi connectivity index (χ0) is 12.0. The molecule has 2 heteroatoms. The van der Waals surface area contributed by atoms with Gasteiger partial charge in [0.25, 0.3) is 0 Å². The molecule has 0 aromatic heterocycles. The van der Waals surface area contributed by atoms with E-state index in [9.17, 15) is 0 Å². The zero-order valence-electron chi connectivity index (χ0n) is 11.1. The van der Waals surface area contributed by atoms with Crippen molar-refractivity contribution in [3.63, 3.8) is 0 Å². The third-order valence-corrected chi connectivity index (χ3v) is 2.64. The van der Waals surface area contributed by atoms with E-state index in [0.717, 1.165) is 18.6 Å². The Morgan fingerprint density at radius 2 is 1.87 bits per heavy atom. The molecule has 0 bridgehead atoms. The lowest BCUT2D eigenvalue weighted by Crippen LogP contribution is -2.34. The summed E-state index contributed by atoms with van der Waals surface area (Å²) in [6, 6.07) is 0.451. The molecule has 0 radical (unpaired) electrons. The Kier molecular flexibility index (Phi) is 6.30. The first-order valence-corrected chi connectivity index (χ1v) is 5.81. The van der Waals surface area contributed by atoms with Crippen molar-refractivity contribution in [1.29, 1.82) is 5.41 Å². The number of rotatable bonds is 6. The normalized spacial score (nSPS) is 12.5. The fourth-order valence-corrected chi connectivity index (χ4v) is 1.75. The number of nitrogens with one attached hydrogen (secondary N) is 1. The van der Waals surface area contributed by atoms with E-state index in [2.05, 4.69) is 52.8 Å². The fourth-order valence-electron chi connectivity index (χ4n) is 1.75. The molecular weight excluding hydrogens is 184 g/mol. The van der Waals surface area contributed by atoms with Crippen molar-refractivity contribution >= 4 is 5.71 Å². The van der Waals surface area contributed by atoms with Crippen molar-refractivity contribution < 1.29 is 0 Å². The Hall–Kier alpha value is -0.790. The van der Waals surface area contributed by atoms with Crippen LogP contribution in [0.2, 0.25) is 0 Å². The summed E-state index contributed by atoms with van der Waals surface area (Å²) in [6.45, 7) is 10.7. The zero-order valence-corrected chi connectivity index (χ0v) is 11.1. The standard InChI is InChI=1S/C13H26N2/c1-7-12(14)8-13(11(4)5)15(6)9-10(2)3/h9,11,13-14H,7-8H2,1-6H3. The van der Waals surface area contributed by atoms with E-state index in [1.165, 1.54) is 5.57 Å². The van der Waals surface area contributed by atoms with Crippen molar-refractivity contribution in [2.24, 2.45) is 5.92 Å². The maximum Gasteiger partial charge on any atom is 0.0355 e. The van der Waals surface area contributed by atoms with Crippen molar-refractivity contribution in [3.05, 3.63) is 11.8 Å². The Labute approximate surface area is 94.9 Å². The molecule has 1 unspecified atom stereocenters. The van der Waals surface area contributed by atoms with Gasteiger partial charge in [0.15, 0.2) is 0 Å². The predicted octanol–water partition coefficient (Wildman–Crippen LogP) is 3.69. The van der Waals surface area contributed by atoms with E-state index in [1.54, 1.807) is 0 Å². The number of nitrogens with zero attached hydrogens (tertiary/aromatic N) is 1. The van der Waals surface area contributed by atoms with Gasteiger partial charge in [0.05, 0.1) is 0 Å². The van der Waals surface area contributed by atoms with E-state index < -0.39 is 0 Å². The largest absolute Gasteiger partial charge is 0.377 e. The van der Waals surface area contributed by atoms with Gasteiger partial charge in [-0.2, -0.15) is 0 Å². The molecule has 0 aliphatic carbocycles. The molecule has 1 N–H and O–H groups in total. The third-order valence-electron chi connectivity index (χ3n) is 2.64. The smallest absolute Gasteiger partial charge is 0.0355 e. The average Bonchev–Trinajstić information content (AvgIpc) is 2.11. The molecule has 0 aromatic carbocycles. The Morgan fingerprint density at radius 3 is 2.20 bits per heavy atom. The van der Waals surface area contributed by atoms with Crippen LogP contribution in [0.3, 0.4) is 0 Å². The van der Waals surface area contributed by atoms with Gasteiger partial charge in [0.2, 0.25) is 0 Å². The van der Waals surface area contributed by atoms with Crippen LogP contribution in [0.5, 0.6) is 0 Å². The SMILES string of the molecule is CCC(=N)CC(C(C)C)N(C)C=C(C)C. The molecule has 0 rings (SSSR count). The molecule has 2 nitrogen and oxygen atoms in total. The first kappa shape index (κ1) is 14.2. The highest BCUT2D eigenvalue weighted by atomic mass is 15.1. The van der Waals surface area contributed by atoms with Crippen LogP contribution < -0.4 is 0 Å². The summed E-state index contributed by atoms with van der Waals surface area (Å²) in [5.41, 5.74) is 2.16. The number of allylic oxidation sites excluding steroid dienone is 1. The minimum Gasteiger partial charge on any atom is -0.377 e. The number of hydrogen-bond acceptors (Lipinski definition) is 2. The second-order valence-electron chi connectivity index (χ2n) is 4.84. The van der Waals surface area contributed by atoms with Gasteiger partial charge in [-0.15, -0.1) is 0 Å². The first-order chi connectivity index (χ1) is 6.88. The third kappa shape index (κ3) is 5.60. The average molecular weight is 210 g/mol. The van der Waals surface area contributed by atoms with Crippen LogP contribution in [0.1, 0.15) is 47.5 Å². The highest BCUT2D eigenvalue weighted by Gasteiger charge is 2.17. The van der Waals surface area contributed by atoms with Gasteiger partial charge in [0, 0.05) is 25.2 Å². The lowest BCUT2D eigenvalue weighted by atomic mass is 9.96. The van der Waals surface area contributed by atoms with Crippen LogP contribution in [0.4, 0.5) is 0 Å². The molecule has 1 atom stereocenters. The van der Waals surface area contributed by atoms with E-state index in [-0.39, 0.29) is 0 Å². The van der Waals surface area contributed by atoms with Gasteiger partial charge < -0.3 is 10.3 Å². The minimum atomic E-state index is 0.451. The fraction of sp³-hybridized carbons (Fsp3) is 0.769. The molecule has 0 aliphatic rings. The van der Waals surface area contributed by atoms with Crippen LogP contribution in [0.25, 0.3) is 0 Å². The Balaban J connectivity index is 4.52. The minimum absolute atomic E-state index is 0.451. The molecule has 0 heterocycles. The summed E-state index contributed by atoms with van der Waals surface area (Å²) in [6.07, 6.45) is 3.92. The van der Waals surface area contributed by atoms with Gasteiger partial charge in [-0.3, -0.25) is 0 Å². The summed E-state index contributed by atoms with van der Waals surface area (Å²) in [4.78, 5) is 2.25. The van der Waals surface area contributed by atoms with Crippen LogP contribution in [0, 0.1) is 11.3 Å². The highest BCUT2D eigenvalue weighted by molar-refractivity contribution is 5.81. The molecule has 0 spiro atoms. The summed E-state index contributed by atoms with van der Waals surface area (Å²) >= 11 is 0. The van der Waals surface area contributed by atoms with Crippen LogP contribution in [0.15, 0.2) is 11.8 Å². The van der Waals surface area contributed by atoms with Crippen LogP contribution >= 0.6 is 0 Å². The molecule has 88 valence electrons. The second kappa shape index (κ2) is 6.65. The molecule has 0 aromatic rings. The quantitative estimate of drug-likeness (QED) is 0.665. The molecular formula is C13H26N2. The Morgan fingerprint density at radius 1 is 1.33 bits per heavy atom. The van der Waals surface area contributed by atoms with E-state index in [1.807, 2.05) is 0 Å². The van der Waals surface area contributed by atoms with Crippen molar-refractivity contribution in [3.8, 4) is 0 Å². The van der Waals surface area contributed by atoms with Crippen molar-refractivity contribution in [1.82, 2.24) is 4.90 Å². The maximum absolute atomic E-state index is 7.79. The van der Waals surface area contributed by atoms with Gasteiger partial charge >= 0.3 is 0 Å². The molecule has 0 saturated heterocycles. The monoisotopic (exact) mass is 210 g/mol. The van der Waals surface area contributed by atoms with Gasteiger partial charge in [-0.1, -0.05) is 26.3 Å². The maximum atomic E-state index is 7.79. The van der Waals surface area contributed by atoms with Crippen molar-refractivity contribution in [2.45, 2.75) is 53.5 Å². The molecule has 0 saturated carbocycles. The lowest BCUT2D eigenvalue weighted by Gasteiger charge is -2.31. The van der Waals surface area contributed by atoms with E-state index >= 15 is 0 Å². The first-order valence-electron chi connectivity index (χ1n) is 5.81. The molecule has 0 aliphatic heterocycles. The molecule has 0 fully saturated rings. The summed E-state index contributed by atoms with van der Waals surface area (Å²) in [7, 11) is 2.11.